The van der Waals surface area contributed by atoms with E-state index >= 15 is 0 Å². The zero-order valence-electron chi connectivity index (χ0n) is 9.59. The SMILES string of the molecule is CC#CCCN1C(=O)c2cc(F)c(F)cc2C1=O. The quantitative estimate of drug-likeness (QED) is 0.593. The van der Waals surface area contributed by atoms with E-state index in [4.69, 9.17) is 0 Å². The lowest BCUT2D eigenvalue weighted by Gasteiger charge is -2.10. The van der Waals surface area contributed by atoms with Crippen LogP contribution in [0, 0.1) is 23.5 Å². The lowest BCUT2D eigenvalue weighted by molar-refractivity contribution is 0.0657. The third kappa shape index (κ3) is 1.86. The molecule has 0 saturated carbocycles. The van der Waals surface area contributed by atoms with Gasteiger partial charge in [-0.2, -0.15) is 0 Å². The molecule has 0 atom stereocenters. The summed E-state index contributed by atoms with van der Waals surface area (Å²) in [7, 11) is 0. The first-order valence-corrected chi connectivity index (χ1v) is 5.31. The number of halogens is 2. The first kappa shape index (κ1) is 12.2. The highest BCUT2D eigenvalue weighted by Gasteiger charge is 2.36. The van der Waals surface area contributed by atoms with Crippen molar-refractivity contribution < 1.29 is 18.4 Å². The second kappa shape index (κ2) is 4.57. The molecule has 92 valence electrons. The Morgan fingerprint density at radius 1 is 1.11 bits per heavy atom. The molecule has 5 heteroatoms. The zero-order valence-corrected chi connectivity index (χ0v) is 9.59. The summed E-state index contributed by atoms with van der Waals surface area (Å²) in [6, 6.07) is 1.52. The van der Waals surface area contributed by atoms with Crippen molar-refractivity contribution in [1.82, 2.24) is 4.90 Å². The number of hydrogen-bond acceptors (Lipinski definition) is 2. The van der Waals surface area contributed by atoms with E-state index in [0.717, 1.165) is 17.0 Å². The van der Waals surface area contributed by atoms with Crippen molar-refractivity contribution in [2.24, 2.45) is 0 Å². The summed E-state index contributed by atoms with van der Waals surface area (Å²) < 4.78 is 26.1. The third-order valence-electron chi connectivity index (χ3n) is 2.65. The van der Waals surface area contributed by atoms with Crippen LogP contribution in [-0.2, 0) is 0 Å². The Kier molecular flexibility index (Phi) is 3.11. The van der Waals surface area contributed by atoms with Crippen LogP contribution in [0.3, 0.4) is 0 Å². The lowest BCUT2D eigenvalue weighted by atomic mass is 10.1. The molecule has 1 aromatic rings. The molecule has 0 fully saturated rings. The highest BCUT2D eigenvalue weighted by atomic mass is 19.2. The summed E-state index contributed by atoms with van der Waals surface area (Å²) in [5, 5.41) is 0. The summed E-state index contributed by atoms with van der Waals surface area (Å²) in [6.07, 6.45) is 0.340. The van der Waals surface area contributed by atoms with E-state index in [2.05, 4.69) is 11.8 Å². The first-order valence-electron chi connectivity index (χ1n) is 5.31. The van der Waals surface area contributed by atoms with Gasteiger partial charge in [0.25, 0.3) is 11.8 Å². The summed E-state index contributed by atoms with van der Waals surface area (Å²) >= 11 is 0. The van der Waals surface area contributed by atoms with Gasteiger partial charge in [0, 0.05) is 13.0 Å². The maximum Gasteiger partial charge on any atom is 0.261 e. The molecule has 3 nitrogen and oxygen atoms in total. The van der Waals surface area contributed by atoms with Crippen LogP contribution >= 0.6 is 0 Å². The minimum atomic E-state index is -1.13. The van der Waals surface area contributed by atoms with E-state index in [1.54, 1.807) is 6.92 Å². The van der Waals surface area contributed by atoms with Gasteiger partial charge in [0.05, 0.1) is 11.1 Å². The Bertz CT molecular complexity index is 558. The van der Waals surface area contributed by atoms with Crippen molar-refractivity contribution >= 4 is 11.8 Å². The Morgan fingerprint density at radius 3 is 2.06 bits per heavy atom. The van der Waals surface area contributed by atoms with Gasteiger partial charge >= 0.3 is 0 Å². The summed E-state index contributed by atoms with van der Waals surface area (Å²) in [4.78, 5) is 24.6. The summed E-state index contributed by atoms with van der Waals surface area (Å²) in [5.41, 5.74) is -0.188. The average molecular weight is 249 g/mol. The fraction of sp³-hybridized carbons (Fsp3) is 0.231. The normalized spacial score (nSPS) is 13.4. The van der Waals surface area contributed by atoms with E-state index in [1.165, 1.54) is 0 Å². The van der Waals surface area contributed by atoms with Crippen LogP contribution in [0.1, 0.15) is 34.1 Å². The third-order valence-corrected chi connectivity index (χ3v) is 2.65. The molecule has 2 rings (SSSR count). The van der Waals surface area contributed by atoms with Crippen molar-refractivity contribution in [2.45, 2.75) is 13.3 Å². The topological polar surface area (TPSA) is 37.4 Å². The fourth-order valence-electron chi connectivity index (χ4n) is 1.78. The van der Waals surface area contributed by atoms with E-state index < -0.39 is 23.4 Å². The molecule has 0 unspecified atom stereocenters. The van der Waals surface area contributed by atoms with Gasteiger partial charge in [-0.1, -0.05) is 0 Å². The summed E-state index contributed by atoms with van der Waals surface area (Å²) in [5.74, 6) is 1.89. The van der Waals surface area contributed by atoms with Gasteiger partial charge in [-0.25, -0.2) is 8.78 Å². The molecule has 2 amide bonds. The Labute approximate surface area is 102 Å². The molecule has 0 aliphatic carbocycles. The molecule has 0 saturated heterocycles. The highest BCUT2D eigenvalue weighted by Crippen LogP contribution is 2.25. The van der Waals surface area contributed by atoms with Crippen molar-refractivity contribution in [1.29, 1.82) is 0 Å². The second-order valence-electron chi connectivity index (χ2n) is 3.75. The lowest BCUT2D eigenvalue weighted by Crippen LogP contribution is -2.30. The van der Waals surface area contributed by atoms with Crippen LogP contribution in [0.25, 0.3) is 0 Å². The zero-order chi connectivity index (χ0) is 13.3. The van der Waals surface area contributed by atoms with Crippen LogP contribution in [-0.4, -0.2) is 23.3 Å². The molecule has 0 aromatic heterocycles. The maximum absolute atomic E-state index is 13.0. The van der Waals surface area contributed by atoms with E-state index in [-0.39, 0.29) is 17.7 Å². The van der Waals surface area contributed by atoms with Crippen molar-refractivity contribution in [3.8, 4) is 11.8 Å². The Hall–Kier alpha value is -2.22. The number of fused-ring (bicyclic) bond motifs is 1. The van der Waals surface area contributed by atoms with Gasteiger partial charge < -0.3 is 0 Å². The average Bonchev–Trinajstić information content (AvgIpc) is 2.56. The van der Waals surface area contributed by atoms with Gasteiger partial charge in [0.15, 0.2) is 11.6 Å². The largest absolute Gasteiger partial charge is 0.273 e. The molecule has 18 heavy (non-hydrogen) atoms. The monoisotopic (exact) mass is 249 g/mol. The molecule has 0 spiro atoms. The minimum Gasteiger partial charge on any atom is -0.273 e. The van der Waals surface area contributed by atoms with Gasteiger partial charge in [-0.3, -0.25) is 14.5 Å². The number of rotatable bonds is 2. The number of amides is 2. The molecular weight excluding hydrogens is 240 g/mol. The number of nitrogens with zero attached hydrogens (tertiary/aromatic N) is 1. The van der Waals surface area contributed by atoms with Crippen LogP contribution in [0.15, 0.2) is 12.1 Å². The molecular formula is C13H9F2NO2. The maximum atomic E-state index is 13.0. The number of carbonyl (C=O) groups is 2. The van der Waals surface area contributed by atoms with Crippen LogP contribution < -0.4 is 0 Å². The van der Waals surface area contributed by atoms with E-state index in [1.807, 2.05) is 0 Å². The fourth-order valence-corrected chi connectivity index (χ4v) is 1.78. The second-order valence-corrected chi connectivity index (χ2v) is 3.75. The molecule has 1 aliphatic heterocycles. The van der Waals surface area contributed by atoms with Gasteiger partial charge in [0.2, 0.25) is 0 Å². The smallest absolute Gasteiger partial charge is 0.261 e. The van der Waals surface area contributed by atoms with Crippen LogP contribution in [0.5, 0.6) is 0 Å². The number of benzene rings is 1. The van der Waals surface area contributed by atoms with Gasteiger partial charge in [0.1, 0.15) is 0 Å². The molecule has 1 heterocycles. The Morgan fingerprint density at radius 2 is 1.61 bits per heavy atom. The van der Waals surface area contributed by atoms with E-state index in [0.29, 0.717) is 6.42 Å². The van der Waals surface area contributed by atoms with Crippen molar-refractivity contribution in [3.05, 3.63) is 34.9 Å². The molecule has 0 bridgehead atoms. The minimum absolute atomic E-state index is 0.0941. The first-order chi connectivity index (χ1) is 8.56. The van der Waals surface area contributed by atoms with Crippen molar-refractivity contribution in [3.63, 3.8) is 0 Å². The summed E-state index contributed by atoms with van der Waals surface area (Å²) in [6.45, 7) is 1.77. The standard InChI is InChI=1S/C13H9F2NO2/c1-2-3-4-5-16-12(17)8-6-10(14)11(15)7-9(8)13(16)18/h6-7H,4-5H2,1H3. The van der Waals surface area contributed by atoms with Crippen molar-refractivity contribution in [2.75, 3.05) is 6.54 Å². The Balaban J connectivity index is 2.34. The van der Waals surface area contributed by atoms with Gasteiger partial charge in [-0.05, 0) is 19.1 Å². The van der Waals surface area contributed by atoms with E-state index in [9.17, 15) is 18.4 Å². The number of hydrogen-bond donors (Lipinski definition) is 0. The predicted molar refractivity (Wildman–Crippen MR) is 59.8 cm³/mol. The molecule has 0 radical (unpaired) electrons. The van der Waals surface area contributed by atoms with Crippen LogP contribution in [0.4, 0.5) is 8.78 Å². The highest BCUT2D eigenvalue weighted by molar-refractivity contribution is 6.21. The van der Waals surface area contributed by atoms with Gasteiger partial charge in [-0.15, -0.1) is 11.8 Å². The number of carbonyl (C=O) groups excluding carboxylic acids is 2. The molecule has 0 N–H and O–H groups in total. The number of imide groups is 1. The molecule has 1 aromatic carbocycles. The van der Waals surface area contributed by atoms with Crippen LogP contribution in [0.2, 0.25) is 0 Å². The predicted octanol–water partition coefficient (Wildman–Crippen LogP) is 1.97. The molecule has 1 aliphatic rings.